The summed E-state index contributed by atoms with van der Waals surface area (Å²) >= 11 is 0. The molecule has 0 radical (unpaired) electrons. The number of piperidine rings is 1. The Balaban J connectivity index is 1.48. The first-order valence-corrected chi connectivity index (χ1v) is 10.6. The lowest BCUT2D eigenvalue weighted by Gasteiger charge is -2.34. The second-order valence-corrected chi connectivity index (χ2v) is 8.32. The van der Waals surface area contributed by atoms with Gasteiger partial charge < -0.3 is 14.7 Å². The Hall–Kier alpha value is -2.48. The van der Waals surface area contributed by atoms with Gasteiger partial charge in [0.25, 0.3) is 5.91 Å². The maximum atomic E-state index is 13.1. The molecular weight excluding hydrogens is 387 g/mol. The van der Waals surface area contributed by atoms with Gasteiger partial charge in [-0.25, -0.2) is 4.39 Å². The van der Waals surface area contributed by atoms with Gasteiger partial charge >= 0.3 is 0 Å². The molecule has 2 heterocycles. The van der Waals surface area contributed by atoms with E-state index in [0.717, 1.165) is 13.0 Å². The van der Waals surface area contributed by atoms with E-state index in [1.165, 1.54) is 24.3 Å². The van der Waals surface area contributed by atoms with Gasteiger partial charge in [-0.1, -0.05) is 0 Å². The smallest absolute Gasteiger partial charge is 0.253 e. The van der Waals surface area contributed by atoms with Crippen molar-refractivity contribution < 1.29 is 18.8 Å². The van der Waals surface area contributed by atoms with Crippen LogP contribution >= 0.6 is 0 Å². The summed E-state index contributed by atoms with van der Waals surface area (Å²) in [6, 6.07) is 5.58. The largest absolute Gasteiger partial charge is 0.348 e. The Labute approximate surface area is 177 Å². The molecule has 0 atom stereocenters. The van der Waals surface area contributed by atoms with Crippen molar-refractivity contribution in [3.05, 3.63) is 35.6 Å². The topological polar surface area (TPSA) is 64.2 Å². The van der Waals surface area contributed by atoms with E-state index in [0.29, 0.717) is 57.7 Å². The van der Waals surface area contributed by atoms with Crippen molar-refractivity contribution in [3.63, 3.8) is 0 Å². The number of likely N-dealkylation sites (tertiary alicyclic amines) is 1. The number of likely N-dealkylation sites (N-methyl/N-ethyl adjacent to an activating group) is 1. The Morgan fingerprint density at radius 2 is 1.60 bits per heavy atom. The van der Waals surface area contributed by atoms with E-state index < -0.39 is 0 Å². The standard InChI is InChI=1S/C22H31FN4O3/c1-24(2)20(28)16-25-10-3-11-26(15-14-25)22(30)18-8-12-27(13-9-18)21(29)17-4-6-19(23)7-5-17/h4-7,18H,3,8-16H2,1-2H3. The van der Waals surface area contributed by atoms with Gasteiger partial charge in [0.2, 0.25) is 11.8 Å². The van der Waals surface area contributed by atoms with Crippen molar-refractivity contribution in [2.75, 3.05) is 59.9 Å². The minimum atomic E-state index is -0.363. The van der Waals surface area contributed by atoms with E-state index in [-0.39, 0.29) is 29.5 Å². The summed E-state index contributed by atoms with van der Waals surface area (Å²) in [7, 11) is 3.51. The predicted octanol–water partition coefficient (Wildman–Crippen LogP) is 1.30. The van der Waals surface area contributed by atoms with Crippen LogP contribution in [-0.4, -0.2) is 97.2 Å². The lowest BCUT2D eigenvalue weighted by Crippen LogP contribution is -2.45. The molecule has 0 N–H and O–H groups in total. The van der Waals surface area contributed by atoms with E-state index in [2.05, 4.69) is 4.90 Å². The molecule has 0 aromatic heterocycles. The molecule has 2 saturated heterocycles. The fraction of sp³-hybridized carbons (Fsp3) is 0.591. The summed E-state index contributed by atoms with van der Waals surface area (Å²) in [4.78, 5) is 44.9. The third kappa shape index (κ3) is 5.56. The summed E-state index contributed by atoms with van der Waals surface area (Å²) in [6.45, 7) is 4.31. The second kappa shape index (κ2) is 10.0. The zero-order chi connectivity index (χ0) is 21.7. The van der Waals surface area contributed by atoms with E-state index >= 15 is 0 Å². The molecule has 2 fully saturated rings. The van der Waals surface area contributed by atoms with Crippen LogP contribution in [0.4, 0.5) is 4.39 Å². The molecule has 0 bridgehead atoms. The number of amides is 3. The Morgan fingerprint density at radius 1 is 0.933 bits per heavy atom. The number of benzene rings is 1. The van der Waals surface area contributed by atoms with Crippen LogP contribution in [-0.2, 0) is 9.59 Å². The number of hydrogen-bond donors (Lipinski definition) is 0. The summed E-state index contributed by atoms with van der Waals surface area (Å²) in [5.41, 5.74) is 0.473. The number of rotatable bonds is 4. The van der Waals surface area contributed by atoms with Crippen LogP contribution in [0.1, 0.15) is 29.6 Å². The minimum absolute atomic E-state index is 0.0720. The quantitative estimate of drug-likeness (QED) is 0.740. The monoisotopic (exact) mass is 418 g/mol. The van der Waals surface area contributed by atoms with E-state index in [9.17, 15) is 18.8 Å². The van der Waals surface area contributed by atoms with Crippen molar-refractivity contribution in [3.8, 4) is 0 Å². The van der Waals surface area contributed by atoms with E-state index in [4.69, 9.17) is 0 Å². The molecular formula is C22H31FN4O3. The first kappa shape index (κ1) is 22.2. The van der Waals surface area contributed by atoms with Gasteiger partial charge in [-0.2, -0.15) is 0 Å². The zero-order valence-electron chi connectivity index (χ0n) is 17.8. The first-order valence-electron chi connectivity index (χ1n) is 10.6. The third-order valence-corrected chi connectivity index (χ3v) is 5.98. The average molecular weight is 419 g/mol. The number of nitrogens with zero attached hydrogens (tertiary/aromatic N) is 4. The van der Waals surface area contributed by atoms with E-state index in [1.807, 2.05) is 4.90 Å². The highest BCUT2D eigenvalue weighted by molar-refractivity contribution is 5.94. The van der Waals surface area contributed by atoms with Gasteiger partial charge in [-0.3, -0.25) is 19.3 Å². The molecule has 1 aromatic carbocycles. The highest BCUT2D eigenvalue weighted by Crippen LogP contribution is 2.22. The molecule has 1 aromatic rings. The van der Waals surface area contributed by atoms with Crippen LogP contribution < -0.4 is 0 Å². The number of carbonyl (C=O) groups excluding carboxylic acids is 3. The molecule has 3 amide bonds. The SMILES string of the molecule is CN(C)C(=O)CN1CCCN(C(=O)C2CCN(C(=O)c3ccc(F)cc3)CC2)CC1. The summed E-state index contributed by atoms with van der Waals surface area (Å²) in [6.07, 6.45) is 2.14. The van der Waals surface area contributed by atoms with Crippen LogP contribution in [0.3, 0.4) is 0 Å². The number of hydrogen-bond acceptors (Lipinski definition) is 4. The molecule has 0 unspecified atom stereocenters. The van der Waals surface area contributed by atoms with Crippen LogP contribution in [0.2, 0.25) is 0 Å². The molecule has 164 valence electrons. The van der Waals surface area contributed by atoms with Crippen molar-refractivity contribution in [1.82, 2.24) is 19.6 Å². The summed E-state index contributed by atoms with van der Waals surface area (Å²) in [5.74, 6) is -0.315. The Morgan fingerprint density at radius 3 is 2.23 bits per heavy atom. The lowest BCUT2D eigenvalue weighted by molar-refractivity contribution is -0.136. The van der Waals surface area contributed by atoms with Gasteiger partial charge in [-0.05, 0) is 43.5 Å². The predicted molar refractivity (Wildman–Crippen MR) is 111 cm³/mol. The molecule has 2 aliphatic heterocycles. The highest BCUT2D eigenvalue weighted by Gasteiger charge is 2.31. The fourth-order valence-corrected chi connectivity index (χ4v) is 4.04. The number of carbonyl (C=O) groups is 3. The maximum absolute atomic E-state index is 13.1. The Kier molecular flexibility index (Phi) is 7.42. The number of halogens is 1. The average Bonchev–Trinajstić information content (AvgIpc) is 2.99. The first-order chi connectivity index (χ1) is 14.3. The zero-order valence-corrected chi connectivity index (χ0v) is 17.8. The van der Waals surface area contributed by atoms with Gasteiger partial charge in [0.15, 0.2) is 0 Å². The van der Waals surface area contributed by atoms with Gasteiger partial charge in [0.1, 0.15) is 5.82 Å². The second-order valence-electron chi connectivity index (χ2n) is 8.32. The molecule has 7 nitrogen and oxygen atoms in total. The molecule has 30 heavy (non-hydrogen) atoms. The van der Waals surface area contributed by atoms with Gasteiger partial charge in [0, 0.05) is 64.8 Å². The molecule has 0 aliphatic carbocycles. The molecule has 3 rings (SSSR count). The van der Waals surface area contributed by atoms with Crippen molar-refractivity contribution in [1.29, 1.82) is 0 Å². The maximum Gasteiger partial charge on any atom is 0.253 e. The molecule has 0 saturated carbocycles. The van der Waals surface area contributed by atoms with Gasteiger partial charge in [-0.15, -0.1) is 0 Å². The fourth-order valence-electron chi connectivity index (χ4n) is 4.04. The Bertz CT molecular complexity index is 760. The van der Waals surface area contributed by atoms with Crippen molar-refractivity contribution >= 4 is 17.7 Å². The van der Waals surface area contributed by atoms with Crippen LogP contribution in [0.25, 0.3) is 0 Å². The molecule has 0 spiro atoms. The molecule has 2 aliphatic rings. The summed E-state index contributed by atoms with van der Waals surface area (Å²) in [5, 5.41) is 0. The lowest BCUT2D eigenvalue weighted by atomic mass is 9.94. The van der Waals surface area contributed by atoms with Crippen LogP contribution in [0, 0.1) is 11.7 Å². The van der Waals surface area contributed by atoms with E-state index in [1.54, 1.807) is 23.9 Å². The van der Waals surface area contributed by atoms with Gasteiger partial charge in [0.05, 0.1) is 6.54 Å². The van der Waals surface area contributed by atoms with Crippen LogP contribution in [0.5, 0.6) is 0 Å². The van der Waals surface area contributed by atoms with Crippen molar-refractivity contribution in [2.24, 2.45) is 5.92 Å². The van der Waals surface area contributed by atoms with Crippen LogP contribution in [0.15, 0.2) is 24.3 Å². The normalized spacial score (nSPS) is 18.8. The highest BCUT2D eigenvalue weighted by atomic mass is 19.1. The van der Waals surface area contributed by atoms with Crippen molar-refractivity contribution in [2.45, 2.75) is 19.3 Å². The molecule has 8 heteroatoms. The minimum Gasteiger partial charge on any atom is -0.348 e. The third-order valence-electron chi connectivity index (χ3n) is 5.98. The summed E-state index contributed by atoms with van der Waals surface area (Å²) < 4.78 is 13.1.